The van der Waals surface area contributed by atoms with Gasteiger partial charge in [-0.3, -0.25) is 4.90 Å². The van der Waals surface area contributed by atoms with E-state index in [0.29, 0.717) is 0 Å². The molecule has 2 nitrogen and oxygen atoms in total. The fourth-order valence-electron chi connectivity index (χ4n) is 1.97. The van der Waals surface area contributed by atoms with Crippen LogP contribution in [0.1, 0.15) is 33.6 Å². The summed E-state index contributed by atoms with van der Waals surface area (Å²) in [5, 5.41) is 0. The zero-order valence-corrected chi connectivity index (χ0v) is 8.60. The first-order valence-corrected chi connectivity index (χ1v) is 5.06. The van der Waals surface area contributed by atoms with E-state index in [1.165, 1.54) is 12.8 Å². The molecule has 72 valence electrons. The third-order valence-corrected chi connectivity index (χ3v) is 2.64. The average Bonchev–Trinajstić information content (AvgIpc) is 2.04. The first kappa shape index (κ1) is 10.0. The van der Waals surface area contributed by atoms with Gasteiger partial charge in [-0.2, -0.15) is 0 Å². The van der Waals surface area contributed by atoms with Crippen LogP contribution in [0.25, 0.3) is 0 Å². The van der Waals surface area contributed by atoms with E-state index >= 15 is 0 Å². The maximum atomic E-state index is 5.80. The summed E-state index contributed by atoms with van der Waals surface area (Å²) in [4.78, 5) is 2.47. The Balaban J connectivity index is 2.43. The van der Waals surface area contributed by atoms with E-state index in [1.807, 2.05) is 0 Å². The predicted molar refractivity (Wildman–Crippen MR) is 51.4 cm³/mol. The van der Waals surface area contributed by atoms with Crippen molar-refractivity contribution in [3.63, 3.8) is 0 Å². The molecule has 0 amide bonds. The minimum atomic E-state index is 0.128. The molecule has 1 heterocycles. The van der Waals surface area contributed by atoms with E-state index in [9.17, 15) is 0 Å². The molecule has 0 aromatic rings. The first-order valence-electron chi connectivity index (χ1n) is 5.06. The van der Waals surface area contributed by atoms with Gasteiger partial charge in [0.1, 0.15) is 0 Å². The SMILES string of the molecule is CCCC1(C)CN(CC)CCO1. The van der Waals surface area contributed by atoms with Gasteiger partial charge in [0.05, 0.1) is 12.2 Å². The van der Waals surface area contributed by atoms with Crippen molar-refractivity contribution < 1.29 is 4.74 Å². The summed E-state index contributed by atoms with van der Waals surface area (Å²) < 4.78 is 5.80. The highest BCUT2D eigenvalue weighted by molar-refractivity contribution is 4.82. The Morgan fingerprint density at radius 3 is 2.75 bits per heavy atom. The molecule has 12 heavy (non-hydrogen) atoms. The van der Waals surface area contributed by atoms with Gasteiger partial charge in [-0.1, -0.05) is 20.3 Å². The number of morpholine rings is 1. The van der Waals surface area contributed by atoms with Crippen LogP contribution in [0, 0.1) is 0 Å². The lowest BCUT2D eigenvalue weighted by Gasteiger charge is -2.40. The molecule has 1 fully saturated rings. The van der Waals surface area contributed by atoms with E-state index in [4.69, 9.17) is 4.74 Å². The molecule has 1 rings (SSSR count). The van der Waals surface area contributed by atoms with Crippen LogP contribution < -0.4 is 0 Å². The van der Waals surface area contributed by atoms with Crippen molar-refractivity contribution in [1.82, 2.24) is 4.90 Å². The summed E-state index contributed by atoms with van der Waals surface area (Å²) >= 11 is 0. The highest BCUT2D eigenvalue weighted by atomic mass is 16.5. The highest BCUT2D eigenvalue weighted by Gasteiger charge is 2.30. The molecule has 0 aliphatic carbocycles. The van der Waals surface area contributed by atoms with E-state index in [0.717, 1.165) is 26.2 Å². The Hall–Kier alpha value is -0.0800. The van der Waals surface area contributed by atoms with Crippen molar-refractivity contribution in [3.8, 4) is 0 Å². The summed E-state index contributed by atoms with van der Waals surface area (Å²) in [7, 11) is 0. The summed E-state index contributed by atoms with van der Waals surface area (Å²) in [5.41, 5.74) is 0.128. The van der Waals surface area contributed by atoms with Crippen molar-refractivity contribution in [2.24, 2.45) is 0 Å². The molecule has 1 saturated heterocycles. The van der Waals surface area contributed by atoms with Crippen LogP contribution in [0.3, 0.4) is 0 Å². The van der Waals surface area contributed by atoms with Gasteiger partial charge in [0.15, 0.2) is 0 Å². The zero-order chi connectivity index (χ0) is 9.03. The summed E-state index contributed by atoms with van der Waals surface area (Å²) in [5.74, 6) is 0. The van der Waals surface area contributed by atoms with Crippen LogP contribution >= 0.6 is 0 Å². The Morgan fingerprint density at radius 1 is 1.42 bits per heavy atom. The Labute approximate surface area is 75.9 Å². The molecule has 1 unspecified atom stereocenters. The third-order valence-electron chi connectivity index (χ3n) is 2.64. The Morgan fingerprint density at radius 2 is 2.17 bits per heavy atom. The van der Waals surface area contributed by atoms with E-state index in [-0.39, 0.29) is 5.60 Å². The Kier molecular flexibility index (Phi) is 3.53. The van der Waals surface area contributed by atoms with Gasteiger partial charge in [-0.15, -0.1) is 0 Å². The molecule has 2 heteroatoms. The second-order valence-electron chi connectivity index (χ2n) is 3.92. The molecule has 1 aliphatic heterocycles. The lowest BCUT2D eigenvalue weighted by atomic mass is 9.98. The smallest absolute Gasteiger partial charge is 0.0781 e. The number of hydrogen-bond acceptors (Lipinski definition) is 2. The normalized spacial score (nSPS) is 32.2. The molecule has 0 radical (unpaired) electrons. The zero-order valence-electron chi connectivity index (χ0n) is 8.60. The van der Waals surface area contributed by atoms with Crippen LogP contribution in [0.15, 0.2) is 0 Å². The molecule has 0 N–H and O–H groups in total. The van der Waals surface area contributed by atoms with Crippen LogP contribution in [0.4, 0.5) is 0 Å². The Bertz CT molecular complexity index is 134. The van der Waals surface area contributed by atoms with Crippen molar-refractivity contribution in [2.75, 3.05) is 26.2 Å². The number of hydrogen-bond donors (Lipinski definition) is 0. The standard InChI is InChI=1S/C10H21NO/c1-4-6-10(3)9-11(5-2)7-8-12-10/h4-9H2,1-3H3. The van der Waals surface area contributed by atoms with Gasteiger partial charge in [-0.25, -0.2) is 0 Å². The quantitative estimate of drug-likeness (QED) is 0.643. The summed E-state index contributed by atoms with van der Waals surface area (Å²) in [6.45, 7) is 11.0. The minimum Gasteiger partial charge on any atom is -0.373 e. The molecule has 1 aliphatic rings. The fourth-order valence-corrected chi connectivity index (χ4v) is 1.97. The average molecular weight is 171 g/mol. The van der Waals surface area contributed by atoms with Gasteiger partial charge in [0, 0.05) is 13.1 Å². The van der Waals surface area contributed by atoms with Gasteiger partial charge < -0.3 is 4.74 Å². The molecule has 1 atom stereocenters. The molecular weight excluding hydrogens is 150 g/mol. The number of nitrogens with zero attached hydrogens (tertiary/aromatic N) is 1. The summed E-state index contributed by atoms with van der Waals surface area (Å²) in [6, 6.07) is 0. The second kappa shape index (κ2) is 4.24. The largest absolute Gasteiger partial charge is 0.373 e. The van der Waals surface area contributed by atoms with Gasteiger partial charge in [0.25, 0.3) is 0 Å². The van der Waals surface area contributed by atoms with Crippen molar-refractivity contribution in [2.45, 2.75) is 39.2 Å². The number of rotatable bonds is 3. The maximum Gasteiger partial charge on any atom is 0.0781 e. The molecule has 0 aromatic carbocycles. The predicted octanol–water partition coefficient (Wildman–Crippen LogP) is 1.90. The summed E-state index contributed by atoms with van der Waals surface area (Å²) in [6.07, 6.45) is 2.40. The molecule has 0 spiro atoms. The fraction of sp³-hybridized carbons (Fsp3) is 1.00. The van der Waals surface area contributed by atoms with Gasteiger partial charge >= 0.3 is 0 Å². The van der Waals surface area contributed by atoms with Crippen LogP contribution in [-0.2, 0) is 4.74 Å². The van der Waals surface area contributed by atoms with Crippen LogP contribution in [0.2, 0.25) is 0 Å². The van der Waals surface area contributed by atoms with E-state index in [1.54, 1.807) is 0 Å². The number of ether oxygens (including phenoxy) is 1. The van der Waals surface area contributed by atoms with E-state index < -0.39 is 0 Å². The number of likely N-dealkylation sites (N-methyl/N-ethyl adjacent to an activating group) is 1. The topological polar surface area (TPSA) is 12.5 Å². The van der Waals surface area contributed by atoms with Crippen molar-refractivity contribution >= 4 is 0 Å². The van der Waals surface area contributed by atoms with Gasteiger partial charge in [-0.05, 0) is 19.9 Å². The third kappa shape index (κ3) is 2.46. The van der Waals surface area contributed by atoms with Crippen molar-refractivity contribution in [3.05, 3.63) is 0 Å². The van der Waals surface area contributed by atoms with Gasteiger partial charge in [0.2, 0.25) is 0 Å². The molecule has 0 saturated carbocycles. The second-order valence-corrected chi connectivity index (χ2v) is 3.92. The lowest BCUT2D eigenvalue weighted by Crippen LogP contribution is -2.49. The van der Waals surface area contributed by atoms with Crippen molar-refractivity contribution in [1.29, 1.82) is 0 Å². The lowest BCUT2D eigenvalue weighted by molar-refractivity contribution is -0.101. The monoisotopic (exact) mass is 171 g/mol. The van der Waals surface area contributed by atoms with Crippen LogP contribution in [0.5, 0.6) is 0 Å². The van der Waals surface area contributed by atoms with Crippen LogP contribution in [-0.4, -0.2) is 36.7 Å². The molecular formula is C10H21NO. The molecule has 0 aromatic heterocycles. The highest BCUT2D eigenvalue weighted by Crippen LogP contribution is 2.22. The maximum absolute atomic E-state index is 5.80. The molecule has 0 bridgehead atoms. The minimum absolute atomic E-state index is 0.128. The first-order chi connectivity index (χ1) is 5.70. The van der Waals surface area contributed by atoms with E-state index in [2.05, 4.69) is 25.7 Å².